The fraction of sp³-hybridized carbons (Fsp3) is 0.0909. The van der Waals surface area contributed by atoms with E-state index < -0.39 is 0 Å². The second kappa shape index (κ2) is 4.64. The fourth-order valence-corrected chi connectivity index (χ4v) is 2.09. The molecule has 0 unspecified atom stereocenters. The maximum absolute atomic E-state index is 9.33. The molecule has 0 aliphatic carbocycles. The van der Waals surface area contributed by atoms with Gasteiger partial charge < -0.3 is 9.67 Å². The van der Waals surface area contributed by atoms with Crippen LogP contribution in [0.15, 0.2) is 40.8 Å². The molecule has 0 saturated heterocycles. The normalized spacial score (nSPS) is 11.3. The Labute approximate surface area is 96.4 Å². The summed E-state index contributed by atoms with van der Waals surface area (Å²) in [5.41, 5.74) is 0.970. The molecule has 0 amide bonds. The summed E-state index contributed by atoms with van der Waals surface area (Å²) in [5, 5.41) is 19.7. The van der Waals surface area contributed by atoms with Crippen LogP contribution in [0.3, 0.4) is 0 Å². The molecule has 1 aromatic heterocycles. The summed E-state index contributed by atoms with van der Waals surface area (Å²) in [4.78, 5) is 4.37. The predicted molar refractivity (Wildman–Crippen MR) is 60.7 cm³/mol. The van der Waals surface area contributed by atoms with Crippen LogP contribution in [0.5, 0.6) is 5.75 Å². The van der Waals surface area contributed by atoms with E-state index in [1.54, 1.807) is 24.4 Å². The summed E-state index contributed by atoms with van der Waals surface area (Å²) in [6.07, 6.45) is 3.64. The Morgan fingerprint density at radius 3 is 3.12 bits per heavy atom. The van der Waals surface area contributed by atoms with E-state index in [9.17, 15) is 5.11 Å². The van der Waals surface area contributed by atoms with Gasteiger partial charge in [-0.15, -0.1) is 16.3 Å². The molecular formula is C11H9N3OS. The second-order valence-corrected chi connectivity index (χ2v) is 4.07. The first-order valence-corrected chi connectivity index (χ1v) is 5.52. The molecule has 0 bridgehead atoms. The Bertz CT molecular complexity index is 592. The molecule has 2 rings (SSSR count). The number of aromatic hydroxyl groups is 1. The third-order valence-electron chi connectivity index (χ3n) is 2.07. The molecular weight excluding hydrogens is 222 g/mol. The topological polar surface area (TPSA) is 61.3 Å². The van der Waals surface area contributed by atoms with Crippen LogP contribution in [0, 0.1) is 11.5 Å². The van der Waals surface area contributed by atoms with Crippen LogP contribution in [0.25, 0.3) is 0 Å². The van der Waals surface area contributed by atoms with Gasteiger partial charge in [-0.1, -0.05) is 12.1 Å². The van der Waals surface area contributed by atoms with E-state index in [0.717, 1.165) is 5.56 Å². The monoisotopic (exact) mass is 231 g/mol. The summed E-state index contributed by atoms with van der Waals surface area (Å²) >= 11 is 1.41. The third kappa shape index (κ3) is 2.30. The van der Waals surface area contributed by atoms with Crippen LogP contribution < -0.4 is 4.80 Å². The molecule has 0 spiro atoms. The van der Waals surface area contributed by atoms with Gasteiger partial charge in [0.25, 0.3) is 0 Å². The number of hydrogen-bond donors (Lipinski definition) is 1. The summed E-state index contributed by atoms with van der Waals surface area (Å²) in [5.74, 6) is 0.243. The van der Waals surface area contributed by atoms with E-state index in [1.807, 2.05) is 22.2 Å². The molecule has 16 heavy (non-hydrogen) atoms. The van der Waals surface area contributed by atoms with Crippen molar-refractivity contribution in [3.63, 3.8) is 0 Å². The largest absolute Gasteiger partial charge is 0.508 e. The van der Waals surface area contributed by atoms with E-state index in [-0.39, 0.29) is 5.75 Å². The maximum Gasteiger partial charge on any atom is 0.208 e. The number of phenols is 1. The van der Waals surface area contributed by atoms with Gasteiger partial charge in [-0.2, -0.15) is 5.26 Å². The highest BCUT2D eigenvalue weighted by molar-refractivity contribution is 7.07. The summed E-state index contributed by atoms with van der Waals surface area (Å²) in [7, 11) is 0. The van der Waals surface area contributed by atoms with E-state index in [0.29, 0.717) is 11.3 Å². The van der Waals surface area contributed by atoms with E-state index in [1.165, 1.54) is 11.3 Å². The van der Waals surface area contributed by atoms with Crippen LogP contribution in [-0.4, -0.2) is 9.67 Å². The number of rotatable bonds is 2. The van der Waals surface area contributed by atoms with E-state index in [4.69, 9.17) is 5.26 Å². The van der Waals surface area contributed by atoms with Crippen LogP contribution >= 0.6 is 11.3 Å². The highest BCUT2D eigenvalue weighted by Crippen LogP contribution is 2.11. The quantitative estimate of drug-likeness (QED) is 0.799. The van der Waals surface area contributed by atoms with E-state index >= 15 is 0 Å². The Balaban J connectivity index is 2.32. The highest BCUT2D eigenvalue weighted by Gasteiger charge is 1.98. The van der Waals surface area contributed by atoms with Crippen molar-refractivity contribution < 1.29 is 5.11 Å². The molecule has 0 aliphatic rings. The molecule has 0 aliphatic heterocycles. The zero-order valence-corrected chi connectivity index (χ0v) is 9.18. The van der Waals surface area contributed by atoms with Crippen molar-refractivity contribution in [2.45, 2.75) is 6.54 Å². The lowest BCUT2D eigenvalue weighted by atomic mass is 10.2. The number of nitrogens with zero attached hydrogens (tertiary/aromatic N) is 3. The standard InChI is InChI=1S/C11H9N3OS/c12-8-13-11-14(4-5-16-11)7-9-2-1-3-10(15)6-9/h1-6,15H,7H2. The van der Waals surface area contributed by atoms with Crippen molar-refractivity contribution in [3.8, 4) is 11.9 Å². The highest BCUT2D eigenvalue weighted by atomic mass is 32.1. The van der Waals surface area contributed by atoms with Crippen molar-refractivity contribution >= 4 is 11.3 Å². The van der Waals surface area contributed by atoms with Gasteiger partial charge in [-0.25, -0.2) is 0 Å². The van der Waals surface area contributed by atoms with Gasteiger partial charge in [-0.05, 0) is 17.7 Å². The smallest absolute Gasteiger partial charge is 0.208 e. The molecule has 5 heteroatoms. The zero-order chi connectivity index (χ0) is 11.4. The Morgan fingerprint density at radius 2 is 2.38 bits per heavy atom. The van der Waals surface area contributed by atoms with Crippen molar-refractivity contribution in [1.29, 1.82) is 5.26 Å². The molecule has 4 nitrogen and oxygen atoms in total. The Hall–Kier alpha value is -2.06. The van der Waals surface area contributed by atoms with Crippen LogP contribution in [0.2, 0.25) is 0 Å². The van der Waals surface area contributed by atoms with Gasteiger partial charge in [0, 0.05) is 18.1 Å². The van der Waals surface area contributed by atoms with E-state index in [2.05, 4.69) is 4.99 Å². The molecule has 80 valence electrons. The van der Waals surface area contributed by atoms with Gasteiger partial charge in [0.05, 0.1) is 0 Å². The molecule has 2 aromatic rings. The fourth-order valence-electron chi connectivity index (χ4n) is 1.40. The Kier molecular flexibility index (Phi) is 3.03. The minimum Gasteiger partial charge on any atom is -0.508 e. The lowest BCUT2D eigenvalue weighted by Gasteiger charge is -2.02. The summed E-state index contributed by atoms with van der Waals surface area (Å²) < 4.78 is 1.86. The van der Waals surface area contributed by atoms with Crippen LogP contribution in [0.1, 0.15) is 5.56 Å². The first-order valence-electron chi connectivity index (χ1n) is 4.64. The first-order chi connectivity index (χ1) is 7.79. The van der Waals surface area contributed by atoms with Gasteiger partial charge in [-0.3, -0.25) is 0 Å². The average molecular weight is 231 g/mol. The number of benzene rings is 1. The summed E-state index contributed by atoms with van der Waals surface area (Å²) in [6, 6.07) is 7.03. The molecule has 0 fully saturated rings. The zero-order valence-electron chi connectivity index (χ0n) is 8.37. The van der Waals surface area contributed by atoms with Crippen LogP contribution in [0.4, 0.5) is 0 Å². The van der Waals surface area contributed by atoms with Gasteiger partial charge in [0.1, 0.15) is 5.75 Å². The van der Waals surface area contributed by atoms with Crippen molar-refractivity contribution in [3.05, 3.63) is 46.2 Å². The molecule has 1 heterocycles. The SMILES string of the molecule is N#CN=c1sccn1Cc1cccc(O)c1. The van der Waals surface area contributed by atoms with Crippen LogP contribution in [-0.2, 0) is 6.54 Å². The molecule has 1 N–H and O–H groups in total. The summed E-state index contributed by atoms with van der Waals surface area (Å²) in [6.45, 7) is 0.596. The number of nitriles is 1. The van der Waals surface area contributed by atoms with Crippen molar-refractivity contribution in [1.82, 2.24) is 4.57 Å². The molecule has 0 atom stereocenters. The Morgan fingerprint density at radius 1 is 1.50 bits per heavy atom. The average Bonchev–Trinajstić information content (AvgIpc) is 2.66. The lowest BCUT2D eigenvalue weighted by Crippen LogP contribution is -2.14. The molecule has 1 aromatic carbocycles. The first kappa shape index (κ1) is 10.5. The minimum absolute atomic E-state index is 0.243. The molecule has 0 radical (unpaired) electrons. The second-order valence-electron chi connectivity index (χ2n) is 3.20. The van der Waals surface area contributed by atoms with Gasteiger partial charge >= 0.3 is 0 Å². The minimum atomic E-state index is 0.243. The van der Waals surface area contributed by atoms with Crippen molar-refractivity contribution in [2.75, 3.05) is 0 Å². The van der Waals surface area contributed by atoms with Gasteiger partial charge in [0.2, 0.25) is 11.0 Å². The molecule has 0 saturated carbocycles. The number of hydrogen-bond acceptors (Lipinski definition) is 4. The third-order valence-corrected chi connectivity index (χ3v) is 2.86. The number of phenolic OH excluding ortho intramolecular Hbond substituents is 1. The number of thiazole rings is 1. The van der Waals surface area contributed by atoms with Crippen molar-refractivity contribution in [2.24, 2.45) is 4.99 Å². The van der Waals surface area contributed by atoms with Gasteiger partial charge in [0.15, 0.2) is 0 Å². The lowest BCUT2D eigenvalue weighted by molar-refractivity contribution is 0.474. The number of aromatic nitrogens is 1. The predicted octanol–water partition coefficient (Wildman–Crippen LogP) is 1.69. The maximum atomic E-state index is 9.33.